The first-order valence-corrected chi connectivity index (χ1v) is 4.64. The lowest BCUT2D eigenvalue weighted by molar-refractivity contribution is -0.164. The minimum absolute atomic E-state index is 0.199. The van der Waals surface area contributed by atoms with Crippen LogP contribution in [-0.4, -0.2) is 22.8 Å². The van der Waals surface area contributed by atoms with E-state index in [1.807, 2.05) is 0 Å². The SMILES string of the molecule is O=C1[C](O)C(C(F)(F)F)C(=O)c2ccccc21. The summed E-state index contributed by atoms with van der Waals surface area (Å²) in [5.74, 6) is -5.20. The summed E-state index contributed by atoms with van der Waals surface area (Å²) in [6.07, 6.45) is -6.43. The number of Topliss-reactive ketones (excluding diaryl/α,β-unsaturated/α-hetero) is 2. The summed E-state index contributed by atoms with van der Waals surface area (Å²) in [5, 5.41) is 9.22. The van der Waals surface area contributed by atoms with Gasteiger partial charge < -0.3 is 5.11 Å². The monoisotopic (exact) mass is 243 g/mol. The van der Waals surface area contributed by atoms with E-state index < -0.39 is 29.8 Å². The van der Waals surface area contributed by atoms with Crippen LogP contribution in [0, 0.1) is 12.0 Å². The molecule has 0 fully saturated rings. The van der Waals surface area contributed by atoms with Crippen LogP contribution in [0.1, 0.15) is 20.7 Å². The standard InChI is InChI=1S/C11H6F3O3/c12-11(13,14)7-8(15)5-3-1-2-4-6(5)9(16)10(7)17/h1-4,7,17H. The number of halogens is 3. The van der Waals surface area contributed by atoms with Crippen LogP contribution >= 0.6 is 0 Å². The van der Waals surface area contributed by atoms with E-state index in [2.05, 4.69) is 0 Å². The zero-order chi connectivity index (χ0) is 12.8. The van der Waals surface area contributed by atoms with Gasteiger partial charge in [-0.2, -0.15) is 13.2 Å². The van der Waals surface area contributed by atoms with E-state index in [0.29, 0.717) is 0 Å². The van der Waals surface area contributed by atoms with Crippen molar-refractivity contribution in [3.63, 3.8) is 0 Å². The molecule has 2 rings (SSSR count). The van der Waals surface area contributed by atoms with Crippen LogP contribution in [-0.2, 0) is 0 Å². The van der Waals surface area contributed by atoms with E-state index in [1.54, 1.807) is 0 Å². The largest absolute Gasteiger partial charge is 0.402 e. The lowest BCUT2D eigenvalue weighted by Crippen LogP contribution is -2.43. The highest BCUT2D eigenvalue weighted by Crippen LogP contribution is 2.40. The topological polar surface area (TPSA) is 54.4 Å². The van der Waals surface area contributed by atoms with Crippen LogP contribution in [0.15, 0.2) is 24.3 Å². The van der Waals surface area contributed by atoms with Gasteiger partial charge in [0.25, 0.3) is 0 Å². The summed E-state index contributed by atoms with van der Waals surface area (Å²) >= 11 is 0. The molecule has 1 unspecified atom stereocenters. The molecule has 89 valence electrons. The van der Waals surface area contributed by atoms with Crippen LogP contribution in [0.3, 0.4) is 0 Å². The highest BCUT2D eigenvalue weighted by Gasteiger charge is 2.55. The summed E-state index contributed by atoms with van der Waals surface area (Å²) in [4.78, 5) is 23.0. The number of rotatable bonds is 0. The Bertz CT molecular complexity index is 493. The summed E-state index contributed by atoms with van der Waals surface area (Å²) in [7, 11) is 0. The van der Waals surface area contributed by atoms with Crippen LogP contribution in [0.25, 0.3) is 0 Å². The van der Waals surface area contributed by atoms with Crippen molar-refractivity contribution in [3.8, 4) is 0 Å². The number of benzene rings is 1. The lowest BCUT2D eigenvalue weighted by Gasteiger charge is -2.27. The number of aliphatic hydroxyl groups excluding tert-OH is 1. The summed E-state index contributed by atoms with van der Waals surface area (Å²) in [6.45, 7) is 0. The summed E-state index contributed by atoms with van der Waals surface area (Å²) in [6, 6.07) is 5.12. The molecular formula is C11H6F3O3. The Balaban J connectivity index is 2.59. The van der Waals surface area contributed by atoms with E-state index in [1.165, 1.54) is 18.2 Å². The van der Waals surface area contributed by atoms with Gasteiger partial charge in [-0.15, -0.1) is 0 Å². The molecule has 1 aromatic carbocycles. The maximum Gasteiger partial charge on any atom is 0.402 e. The zero-order valence-corrected chi connectivity index (χ0v) is 8.28. The molecule has 0 bridgehead atoms. The van der Waals surface area contributed by atoms with E-state index in [9.17, 15) is 27.9 Å². The minimum Gasteiger partial charge on any atom is -0.377 e. The lowest BCUT2D eigenvalue weighted by atomic mass is 9.79. The van der Waals surface area contributed by atoms with Gasteiger partial charge in [-0.25, -0.2) is 0 Å². The quantitative estimate of drug-likeness (QED) is 0.759. The minimum atomic E-state index is -4.97. The Morgan fingerprint density at radius 2 is 1.59 bits per heavy atom. The van der Waals surface area contributed by atoms with Crippen LogP contribution in [0.5, 0.6) is 0 Å². The van der Waals surface area contributed by atoms with Crippen LogP contribution in [0.4, 0.5) is 13.2 Å². The maximum absolute atomic E-state index is 12.6. The molecule has 1 aliphatic carbocycles. The number of carbonyl (C=O) groups is 2. The van der Waals surface area contributed by atoms with E-state index in [-0.39, 0.29) is 11.1 Å². The van der Waals surface area contributed by atoms with E-state index in [0.717, 1.165) is 6.07 Å². The van der Waals surface area contributed by atoms with Crippen LogP contribution < -0.4 is 0 Å². The highest BCUT2D eigenvalue weighted by atomic mass is 19.4. The molecule has 0 saturated carbocycles. The highest BCUT2D eigenvalue weighted by molar-refractivity contribution is 6.20. The second kappa shape index (κ2) is 3.66. The van der Waals surface area contributed by atoms with Gasteiger partial charge in [-0.3, -0.25) is 9.59 Å². The summed E-state index contributed by atoms with van der Waals surface area (Å²) in [5.41, 5.74) is -0.506. The third kappa shape index (κ3) is 1.74. The van der Waals surface area contributed by atoms with Gasteiger partial charge in [-0.1, -0.05) is 24.3 Å². The van der Waals surface area contributed by atoms with Crippen molar-refractivity contribution in [3.05, 3.63) is 41.5 Å². The Labute approximate surface area is 93.9 Å². The predicted octanol–water partition coefficient (Wildman–Crippen LogP) is 2.15. The fourth-order valence-corrected chi connectivity index (χ4v) is 1.75. The van der Waals surface area contributed by atoms with E-state index in [4.69, 9.17) is 0 Å². The average molecular weight is 243 g/mol. The molecule has 0 aromatic heterocycles. The molecule has 3 nitrogen and oxygen atoms in total. The fraction of sp³-hybridized carbons (Fsp3) is 0.182. The third-order valence-corrected chi connectivity index (χ3v) is 2.53. The molecule has 1 atom stereocenters. The second-order valence-electron chi connectivity index (χ2n) is 3.60. The van der Waals surface area contributed by atoms with Crippen molar-refractivity contribution in [2.45, 2.75) is 6.18 Å². The second-order valence-corrected chi connectivity index (χ2v) is 3.60. The summed E-state index contributed by atoms with van der Waals surface area (Å²) < 4.78 is 37.7. The molecular weight excluding hydrogens is 237 g/mol. The molecule has 1 N–H and O–H groups in total. The average Bonchev–Trinajstić information content (AvgIpc) is 2.24. The van der Waals surface area contributed by atoms with Gasteiger partial charge >= 0.3 is 6.18 Å². The molecule has 0 aliphatic heterocycles. The first-order chi connectivity index (χ1) is 7.84. The Morgan fingerprint density at radius 3 is 2.12 bits per heavy atom. The number of carbonyl (C=O) groups excluding carboxylic acids is 2. The van der Waals surface area contributed by atoms with Crippen molar-refractivity contribution in [1.29, 1.82) is 0 Å². The van der Waals surface area contributed by atoms with Gasteiger partial charge in [-0.05, 0) is 0 Å². The fourth-order valence-electron chi connectivity index (χ4n) is 1.75. The van der Waals surface area contributed by atoms with Crippen molar-refractivity contribution < 1.29 is 27.9 Å². The smallest absolute Gasteiger partial charge is 0.377 e. The number of hydrogen-bond acceptors (Lipinski definition) is 3. The first-order valence-electron chi connectivity index (χ1n) is 4.64. The molecule has 17 heavy (non-hydrogen) atoms. The van der Waals surface area contributed by atoms with Crippen molar-refractivity contribution in [2.24, 2.45) is 5.92 Å². The van der Waals surface area contributed by atoms with Gasteiger partial charge in [0, 0.05) is 11.1 Å². The van der Waals surface area contributed by atoms with Crippen molar-refractivity contribution >= 4 is 11.6 Å². The Morgan fingerprint density at radius 1 is 1.06 bits per heavy atom. The maximum atomic E-state index is 12.6. The molecule has 1 aliphatic rings. The van der Waals surface area contributed by atoms with Gasteiger partial charge in [0.1, 0.15) is 0 Å². The molecule has 0 heterocycles. The molecule has 1 aromatic rings. The van der Waals surface area contributed by atoms with Crippen LogP contribution in [0.2, 0.25) is 0 Å². The predicted molar refractivity (Wildman–Crippen MR) is 49.8 cm³/mol. The van der Waals surface area contributed by atoms with Gasteiger partial charge in [0.05, 0.1) is 0 Å². The zero-order valence-electron chi connectivity index (χ0n) is 8.28. The van der Waals surface area contributed by atoms with E-state index >= 15 is 0 Å². The van der Waals surface area contributed by atoms with Gasteiger partial charge in [0.15, 0.2) is 23.6 Å². The number of hydrogen-bond donors (Lipinski definition) is 1. The Kier molecular flexibility index (Phi) is 2.54. The number of fused-ring (bicyclic) bond motifs is 1. The molecule has 1 radical (unpaired) electrons. The molecule has 0 amide bonds. The first kappa shape index (κ1) is 11.8. The number of ketones is 2. The molecule has 0 saturated heterocycles. The molecule has 6 heteroatoms. The van der Waals surface area contributed by atoms with Crippen molar-refractivity contribution in [1.82, 2.24) is 0 Å². The Hall–Kier alpha value is -1.69. The van der Waals surface area contributed by atoms with Crippen molar-refractivity contribution in [2.75, 3.05) is 0 Å². The molecule has 0 spiro atoms. The number of alkyl halides is 3. The third-order valence-electron chi connectivity index (χ3n) is 2.53. The number of aliphatic hydroxyl groups is 1. The normalized spacial score (nSPS) is 21.5. The van der Waals surface area contributed by atoms with Gasteiger partial charge in [0.2, 0.25) is 0 Å².